The van der Waals surface area contributed by atoms with Crippen molar-refractivity contribution in [1.82, 2.24) is 9.47 Å². The third kappa shape index (κ3) is 3.34. The molecule has 1 aromatic carbocycles. The summed E-state index contributed by atoms with van der Waals surface area (Å²) in [6.07, 6.45) is 3.43. The smallest absolute Gasteiger partial charge is 0.242 e. The van der Waals surface area contributed by atoms with Crippen LogP contribution in [0.4, 0.5) is 0 Å². The first-order chi connectivity index (χ1) is 11.1. The highest BCUT2D eigenvalue weighted by atomic mass is 16.5. The number of likely N-dealkylation sites (tertiary alicyclic amines) is 1. The van der Waals surface area contributed by atoms with Crippen molar-refractivity contribution in [3.05, 3.63) is 30.5 Å². The van der Waals surface area contributed by atoms with Gasteiger partial charge in [-0.15, -0.1) is 0 Å². The monoisotopic (exact) mass is 316 g/mol. The van der Waals surface area contributed by atoms with Crippen LogP contribution in [-0.2, 0) is 11.3 Å². The number of rotatable bonds is 4. The highest BCUT2D eigenvalue weighted by Gasteiger charge is 2.25. The van der Waals surface area contributed by atoms with Gasteiger partial charge in [0.25, 0.3) is 0 Å². The van der Waals surface area contributed by atoms with Crippen LogP contribution in [0.2, 0.25) is 0 Å². The van der Waals surface area contributed by atoms with Crippen LogP contribution in [-0.4, -0.2) is 46.8 Å². The first kappa shape index (κ1) is 15.9. The van der Waals surface area contributed by atoms with Gasteiger partial charge in [-0.25, -0.2) is 0 Å². The predicted molar refractivity (Wildman–Crippen MR) is 89.5 cm³/mol. The van der Waals surface area contributed by atoms with Crippen LogP contribution < -0.4 is 4.74 Å². The average Bonchev–Trinajstić information content (AvgIpc) is 2.97. The number of ether oxygens (including phenoxy) is 1. The topological polar surface area (TPSA) is 54.7 Å². The summed E-state index contributed by atoms with van der Waals surface area (Å²) >= 11 is 0. The van der Waals surface area contributed by atoms with E-state index in [0.717, 1.165) is 42.6 Å². The summed E-state index contributed by atoms with van der Waals surface area (Å²) in [4.78, 5) is 14.4. The Hall–Kier alpha value is -2.01. The summed E-state index contributed by atoms with van der Waals surface area (Å²) in [5.74, 6) is 1.28. The van der Waals surface area contributed by atoms with Crippen molar-refractivity contribution in [2.45, 2.75) is 32.4 Å². The summed E-state index contributed by atoms with van der Waals surface area (Å²) in [6.45, 7) is 3.67. The van der Waals surface area contributed by atoms with Crippen LogP contribution >= 0.6 is 0 Å². The maximum absolute atomic E-state index is 12.5. The molecule has 5 heteroatoms. The fraction of sp³-hybridized carbons (Fsp3) is 0.500. The molecule has 0 bridgehead atoms. The zero-order chi connectivity index (χ0) is 16.4. The van der Waals surface area contributed by atoms with Crippen molar-refractivity contribution in [1.29, 1.82) is 0 Å². The number of nitrogens with zero attached hydrogens (tertiary/aromatic N) is 2. The van der Waals surface area contributed by atoms with Gasteiger partial charge in [0.05, 0.1) is 13.2 Å². The number of piperidine rings is 1. The Kier molecular flexibility index (Phi) is 4.57. The molecule has 1 unspecified atom stereocenters. The molecule has 1 saturated heterocycles. The zero-order valence-corrected chi connectivity index (χ0v) is 13.7. The third-order valence-electron chi connectivity index (χ3n) is 4.86. The number of benzene rings is 1. The van der Waals surface area contributed by atoms with Gasteiger partial charge < -0.3 is 19.3 Å². The summed E-state index contributed by atoms with van der Waals surface area (Å²) < 4.78 is 7.22. The lowest BCUT2D eigenvalue weighted by molar-refractivity contribution is -0.133. The fourth-order valence-corrected chi connectivity index (χ4v) is 3.32. The Labute approximate surface area is 136 Å². The molecule has 23 heavy (non-hydrogen) atoms. The van der Waals surface area contributed by atoms with Crippen molar-refractivity contribution in [2.24, 2.45) is 5.92 Å². The van der Waals surface area contributed by atoms with Crippen LogP contribution in [0, 0.1) is 5.92 Å². The molecular formula is C18H24N2O3. The number of aliphatic hydroxyl groups is 1. The Bertz CT molecular complexity index is 685. The number of carbonyl (C=O) groups is 1. The first-order valence-corrected chi connectivity index (χ1v) is 8.17. The van der Waals surface area contributed by atoms with Crippen molar-refractivity contribution in [3.8, 4) is 5.75 Å². The van der Waals surface area contributed by atoms with Crippen molar-refractivity contribution in [3.63, 3.8) is 0 Å². The summed E-state index contributed by atoms with van der Waals surface area (Å²) in [6, 6.07) is 7.88. The molecular weight excluding hydrogens is 292 g/mol. The molecule has 0 aliphatic carbocycles. The van der Waals surface area contributed by atoms with Gasteiger partial charge >= 0.3 is 0 Å². The Morgan fingerprint density at radius 1 is 1.35 bits per heavy atom. The van der Waals surface area contributed by atoms with Crippen LogP contribution in [0.25, 0.3) is 10.9 Å². The van der Waals surface area contributed by atoms with Gasteiger partial charge in [0.15, 0.2) is 0 Å². The molecule has 3 rings (SSSR count). The van der Waals surface area contributed by atoms with E-state index in [1.165, 1.54) is 0 Å². The van der Waals surface area contributed by atoms with E-state index in [1.807, 2.05) is 46.9 Å². The largest absolute Gasteiger partial charge is 0.497 e. The second-order valence-corrected chi connectivity index (χ2v) is 6.33. The van der Waals surface area contributed by atoms with Gasteiger partial charge in [0.1, 0.15) is 12.3 Å². The molecule has 1 aromatic heterocycles. The van der Waals surface area contributed by atoms with Gasteiger partial charge in [0.2, 0.25) is 5.91 Å². The van der Waals surface area contributed by atoms with Crippen molar-refractivity contribution >= 4 is 16.8 Å². The fourth-order valence-electron chi connectivity index (χ4n) is 3.32. The van der Waals surface area contributed by atoms with Crippen LogP contribution in [0.3, 0.4) is 0 Å². The lowest BCUT2D eigenvalue weighted by atomic mass is 9.92. The normalized spacial score (nSPS) is 17.4. The van der Waals surface area contributed by atoms with Gasteiger partial charge in [-0.3, -0.25) is 4.79 Å². The Morgan fingerprint density at radius 2 is 2.09 bits per heavy atom. The summed E-state index contributed by atoms with van der Waals surface area (Å²) in [5.41, 5.74) is 1.04. The molecule has 2 heterocycles. The van der Waals surface area contributed by atoms with Gasteiger partial charge in [-0.2, -0.15) is 0 Å². The maximum atomic E-state index is 12.5. The lowest BCUT2D eigenvalue weighted by Gasteiger charge is -2.33. The highest BCUT2D eigenvalue weighted by Crippen LogP contribution is 2.23. The van der Waals surface area contributed by atoms with E-state index < -0.39 is 0 Å². The number of amides is 1. The minimum Gasteiger partial charge on any atom is -0.497 e. The van der Waals surface area contributed by atoms with E-state index in [-0.39, 0.29) is 12.0 Å². The van der Waals surface area contributed by atoms with Crippen molar-refractivity contribution in [2.75, 3.05) is 20.2 Å². The van der Waals surface area contributed by atoms with Crippen molar-refractivity contribution < 1.29 is 14.6 Å². The second-order valence-electron chi connectivity index (χ2n) is 6.33. The van der Waals surface area contributed by atoms with Gasteiger partial charge in [0, 0.05) is 30.2 Å². The SMILES string of the molecule is COc1ccc2c(ccn2CC(=O)N2CCC(C(C)O)CC2)c1. The minimum absolute atomic E-state index is 0.141. The number of aromatic nitrogens is 1. The molecule has 0 saturated carbocycles. The zero-order valence-electron chi connectivity index (χ0n) is 13.7. The Balaban J connectivity index is 1.67. The number of carbonyl (C=O) groups excluding carboxylic acids is 1. The molecule has 0 spiro atoms. The molecule has 0 radical (unpaired) electrons. The highest BCUT2D eigenvalue weighted by molar-refractivity contribution is 5.84. The van der Waals surface area contributed by atoms with E-state index in [9.17, 15) is 9.90 Å². The molecule has 1 N–H and O–H groups in total. The number of fused-ring (bicyclic) bond motifs is 1. The minimum atomic E-state index is -0.282. The number of methoxy groups -OCH3 is 1. The van der Waals surface area contributed by atoms with Gasteiger partial charge in [-0.05, 0) is 49.9 Å². The number of aliphatic hydroxyl groups excluding tert-OH is 1. The average molecular weight is 316 g/mol. The molecule has 1 amide bonds. The van der Waals surface area contributed by atoms with Gasteiger partial charge in [-0.1, -0.05) is 0 Å². The van der Waals surface area contributed by atoms with Crippen LogP contribution in [0.1, 0.15) is 19.8 Å². The Morgan fingerprint density at radius 3 is 2.74 bits per heavy atom. The number of hydrogen-bond donors (Lipinski definition) is 1. The first-order valence-electron chi connectivity index (χ1n) is 8.17. The van der Waals surface area contributed by atoms with E-state index >= 15 is 0 Å². The standard InChI is InChI=1S/C18H24N2O3/c1-13(21)14-5-8-19(9-6-14)18(22)12-20-10-7-15-11-16(23-2)3-4-17(15)20/h3-4,7,10-11,13-14,21H,5-6,8-9,12H2,1-2H3. The number of hydrogen-bond acceptors (Lipinski definition) is 3. The molecule has 1 aliphatic rings. The molecule has 1 fully saturated rings. The van der Waals surface area contributed by atoms with E-state index in [2.05, 4.69) is 0 Å². The molecule has 1 aliphatic heterocycles. The van der Waals surface area contributed by atoms with E-state index in [1.54, 1.807) is 7.11 Å². The lowest BCUT2D eigenvalue weighted by Crippen LogP contribution is -2.42. The summed E-state index contributed by atoms with van der Waals surface area (Å²) in [7, 11) is 1.65. The van der Waals surface area contributed by atoms with E-state index in [0.29, 0.717) is 12.5 Å². The quantitative estimate of drug-likeness (QED) is 0.941. The van der Waals surface area contributed by atoms with Crippen LogP contribution in [0.5, 0.6) is 5.75 Å². The third-order valence-corrected chi connectivity index (χ3v) is 4.86. The molecule has 5 nitrogen and oxygen atoms in total. The maximum Gasteiger partial charge on any atom is 0.242 e. The summed E-state index contributed by atoms with van der Waals surface area (Å²) in [5, 5.41) is 10.7. The van der Waals surface area contributed by atoms with E-state index in [4.69, 9.17) is 4.74 Å². The molecule has 1 atom stereocenters. The van der Waals surface area contributed by atoms with Crippen LogP contribution in [0.15, 0.2) is 30.5 Å². The predicted octanol–water partition coefficient (Wildman–Crippen LogP) is 2.27. The molecule has 2 aromatic rings. The molecule has 124 valence electrons. The second kappa shape index (κ2) is 6.62.